The molecule has 0 bridgehead atoms. The zero-order valence-corrected chi connectivity index (χ0v) is 12.5. The number of hydrogen-bond acceptors (Lipinski definition) is 3. The fourth-order valence-corrected chi connectivity index (χ4v) is 2.79. The maximum Gasteiger partial charge on any atom is 0.253 e. The van der Waals surface area contributed by atoms with Gasteiger partial charge in [-0.15, -0.1) is 0 Å². The lowest BCUT2D eigenvalue weighted by Crippen LogP contribution is -2.43. The highest BCUT2D eigenvalue weighted by atomic mass is 19.1. The van der Waals surface area contributed by atoms with E-state index in [4.69, 9.17) is 0 Å². The molecule has 0 unspecified atom stereocenters. The number of amides is 1. The van der Waals surface area contributed by atoms with Crippen molar-refractivity contribution in [2.24, 2.45) is 0 Å². The Labute approximate surface area is 128 Å². The van der Waals surface area contributed by atoms with Gasteiger partial charge in [0.2, 0.25) is 0 Å². The first-order valence-electron chi connectivity index (χ1n) is 7.45. The number of piperidine rings is 1. The van der Waals surface area contributed by atoms with Crippen LogP contribution >= 0.6 is 0 Å². The van der Waals surface area contributed by atoms with Gasteiger partial charge in [-0.3, -0.25) is 4.79 Å². The lowest BCUT2D eigenvalue weighted by Gasteiger charge is -2.31. The van der Waals surface area contributed by atoms with Gasteiger partial charge in [0.15, 0.2) is 0 Å². The van der Waals surface area contributed by atoms with Crippen LogP contribution < -0.4 is 5.32 Å². The molecule has 116 valence electrons. The average molecular weight is 302 g/mol. The number of nitrogens with zero attached hydrogens (tertiary/aromatic N) is 3. The van der Waals surface area contributed by atoms with Crippen LogP contribution in [-0.4, -0.2) is 46.8 Å². The minimum atomic E-state index is -0.445. The number of carbonyl (C=O) groups is 1. The lowest BCUT2D eigenvalue weighted by atomic mass is 10.0. The Morgan fingerprint density at radius 1 is 1.36 bits per heavy atom. The first kappa shape index (κ1) is 14.7. The van der Waals surface area contributed by atoms with E-state index < -0.39 is 5.82 Å². The van der Waals surface area contributed by atoms with Gasteiger partial charge in [-0.2, -0.15) is 5.10 Å². The molecule has 1 N–H and O–H groups in total. The van der Waals surface area contributed by atoms with Crippen LogP contribution in [0.5, 0.6) is 0 Å². The number of halogens is 1. The Morgan fingerprint density at radius 3 is 2.73 bits per heavy atom. The molecule has 1 aromatic heterocycles. The molecule has 5 nitrogen and oxygen atoms in total. The molecule has 3 rings (SSSR count). The van der Waals surface area contributed by atoms with E-state index >= 15 is 0 Å². The summed E-state index contributed by atoms with van der Waals surface area (Å²) in [6.07, 6.45) is 5.11. The lowest BCUT2D eigenvalue weighted by molar-refractivity contribution is 0.0707. The van der Waals surface area contributed by atoms with Crippen molar-refractivity contribution in [2.75, 3.05) is 20.1 Å². The molecule has 1 aliphatic heterocycles. The number of rotatable bonds is 3. The summed E-state index contributed by atoms with van der Waals surface area (Å²) >= 11 is 0. The number of hydrogen-bond donors (Lipinski definition) is 1. The summed E-state index contributed by atoms with van der Waals surface area (Å²) in [5.74, 6) is -0.555. The van der Waals surface area contributed by atoms with Crippen molar-refractivity contribution in [3.8, 4) is 5.69 Å². The molecular weight excluding hydrogens is 283 g/mol. The van der Waals surface area contributed by atoms with Gasteiger partial charge >= 0.3 is 0 Å². The Bertz CT molecular complexity index is 648. The Kier molecular flexibility index (Phi) is 4.20. The minimum Gasteiger partial charge on any atom is -0.339 e. The largest absolute Gasteiger partial charge is 0.339 e. The number of aromatic nitrogens is 2. The molecule has 0 radical (unpaired) electrons. The van der Waals surface area contributed by atoms with Gasteiger partial charge in [-0.05, 0) is 44.2 Å². The van der Waals surface area contributed by atoms with Crippen molar-refractivity contribution in [3.63, 3.8) is 0 Å². The molecule has 1 aliphatic rings. The van der Waals surface area contributed by atoms with E-state index in [1.165, 1.54) is 10.7 Å². The Hall–Kier alpha value is -2.21. The van der Waals surface area contributed by atoms with Crippen molar-refractivity contribution in [1.29, 1.82) is 0 Å². The number of benzene rings is 1. The molecule has 2 aromatic rings. The highest BCUT2D eigenvalue weighted by Gasteiger charge is 2.23. The van der Waals surface area contributed by atoms with Crippen molar-refractivity contribution >= 4 is 5.91 Å². The van der Waals surface area contributed by atoms with Crippen molar-refractivity contribution in [2.45, 2.75) is 18.9 Å². The van der Waals surface area contributed by atoms with Crippen LogP contribution in [0.2, 0.25) is 0 Å². The highest BCUT2D eigenvalue weighted by Crippen LogP contribution is 2.18. The fraction of sp³-hybridized carbons (Fsp3) is 0.375. The Balaban J connectivity index is 1.75. The monoisotopic (exact) mass is 302 g/mol. The van der Waals surface area contributed by atoms with Crippen LogP contribution in [0.25, 0.3) is 5.69 Å². The molecule has 0 atom stereocenters. The maximum atomic E-state index is 14.2. The maximum absolute atomic E-state index is 14.2. The highest BCUT2D eigenvalue weighted by molar-refractivity contribution is 5.94. The normalized spacial score (nSPS) is 16.0. The van der Waals surface area contributed by atoms with Crippen LogP contribution in [0.15, 0.2) is 36.7 Å². The van der Waals surface area contributed by atoms with Crippen molar-refractivity contribution in [1.82, 2.24) is 20.0 Å². The zero-order chi connectivity index (χ0) is 15.5. The van der Waals surface area contributed by atoms with Gasteiger partial charge in [0.1, 0.15) is 11.5 Å². The first-order chi connectivity index (χ1) is 10.7. The average Bonchev–Trinajstić information content (AvgIpc) is 3.08. The molecule has 1 aromatic carbocycles. The second-order valence-electron chi connectivity index (χ2n) is 5.47. The van der Waals surface area contributed by atoms with E-state index in [0.717, 1.165) is 12.8 Å². The molecule has 2 heterocycles. The van der Waals surface area contributed by atoms with E-state index in [0.29, 0.717) is 30.4 Å². The first-order valence-corrected chi connectivity index (χ1v) is 7.45. The van der Waals surface area contributed by atoms with Gasteiger partial charge in [0.25, 0.3) is 5.91 Å². The van der Waals surface area contributed by atoms with Gasteiger partial charge < -0.3 is 10.2 Å². The topological polar surface area (TPSA) is 50.2 Å². The minimum absolute atomic E-state index is 0.111. The molecule has 1 saturated heterocycles. The van der Waals surface area contributed by atoms with Gasteiger partial charge in [-0.1, -0.05) is 0 Å². The van der Waals surface area contributed by atoms with Gasteiger partial charge in [0, 0.05) is 37.1 Å². The summed E-state index contributed by atoms with van der Waals surface area (Å²) in [5.41, 5.74) is 0.728. The molecule has 6 heteroatoms. The number of carbonyl (C=O) groups excluding carboxylic acids is 1. The standard InChI is InChI=1S/C16H19FN4O/c1-18-13-5-9-20(10-6-13)16(22)12-3-4-15(14(17)11-12)21-8-2-7-19-21/h2-4,7-8,11,13,18H,5-6,9-10H2,1H3. The smallest absolute Gasteiger partial charge is 0.253 e. The molecule has 1 fully saturated rings. The predicted octanol–water partition coefficient (Wildman–Crippen LogP) is 1.84. The SMILES string of the molecule is CNC1CCN(C(=O)c2ccc(-n3cccn3)c(F)c2)CC1. The third-order valence-corrected chi connectivity index (χ3v) is 4.14. The van der Waals surface area contributed by atoms with Crippen LogP contribution in [0.1, 0.15) is 23.2 Å². The molecule has 0 saturated carbocycles. The molecule has 1 amide bonds. The van der Waals surface area contributed by atoms with Crippen molar-refractivity contribution < 1.29 is 9.18 Å². The van der Waals surface area contributed by atoms with Crippen LogP contribution in [0.4, 0.5) is 4.39 Å². The molecule has 0 spiro atoms. The van der Waals surface area contributed by atoms with Crippen molar-refractivity contribution in [3.05, 3.63) is 48.0 Å². The van der Waals surface area contributed by atoms with Gasteiger partial charge in [-0.25, -0.2) is 9.07 Å². The summed E-state index contributed by atoms with van der Waals surface area (Å²) in [6.45, 7) is 1.40. The summed E-state index contributed by atoms with van der Waals surface area (Å²) in [6, 6.07) is 6.74. The summed E-state index contributed by atoms with van der Waals surface area (Å²) in [4.78, 5) is 14.2. The fourth-order valence-electron chi connectivity index (χ4n) is 2.79. The van der Waals surface area contributed by atoms with E-state index in [2.05, 4.69) is 10.4 Å². The van der Waals surface area contributed by atoms with Crippen LogP contribution in [0, 0.1) is 5.82 Å². The predicted molar refractivity (Wildman–Crippen MR) is 81.5 cm³/mol. The summed E-state index contributed by atoms with van der Waals surface area (Å²) in [5, 5.41) is 7.23. The second-order valence-corrected chi connectivity index (χ2v) is 5.47. The third-order valence-electron chi connectivity index (χ3n) is 4.14. The third kappa shape index (κ3) is 2.87. The van der Waals surface area contributed by atoms with Crippen LogP contribution in [0.3, 0.4) is 0 Å². The summed E-state index contributed by atoms with van der Waals surface area (Å²) in [7, 11) is 1.94. The second kappa shape index (κ2) is 6.27. The quantitative estimate of drug-likeness (QED) is 0.941. The zero-order valence-electron chi connectivity index (χ0n) is 12.5. The van der Waals surface area contributed by atoms with Gasteiger partial charge in [0.05, 0.1) is 0 Å². The number of likely N-dealkylation sites (tertiary alicyclic amines) is 1. The van der Waals surface area contributed by atoms with E-state index in [-0.39, 0.29) is 5.91 Å². The van der Waals surface area contributed by atoms with E-state index in [9.17, 15) is 9.18 Å². The Morgan fingerprint density at radius 2 is 2.14 bits per heavy atom. The summed E-state index contributed by atoms with van der Waals surface area (Å²) < 4.78 is 15.7. The molecule has 22 heavy (non-hydrogen) atoms. The molecule has 0 aliphatic carbocycles. The van der Waals surface area contributed by atoms with E-state index in [1.807, 2.05) is 7.05 Å². The van der Waals surface area contributed by atoms with Crippen LogP contribution in [-0.2, 0) is 0 Å². The number of nitrogens with one attached hydrogen (secondary N) is 1. The molecular formula is C16H19FN4O. The van der Waals surface area contributed by atoms with E-state index in [1.54, 1.807) is 35.5 Å².